The maximum atomic E-state index is 13.3. The van der Waals surface area contributed by atoms with Crippen LogP contribution >= 0.6 is 11.8 Å². The molecule has 0 unspecified atom stereocenters. The van der Waals surface area contributed by atoms with Crippen molar-refractivity contribution in [2.75, 3.05) is 17.3 Å². The molecule has 0 saturated carbocycles. The van der Waals surface area contributed by atoms with Gasteiger partial charge in [0.2, 0.25) is 5.91 Å². The number of halogens is 4. The van der Waals surface area contributed by atoms with Crippen molar-refractivity contribution < 1.29 is 27.1 Å². The lowest BCUT2D eigenvalue weighted by Crippen LogP contribution is -2.30. The predicted octanol–water partition coefficient (Wildman–Crippen LogP) is 2.92. The lowest BCUT2D eigenvalue weighted by atomic mass is 10.1. The van der Waals surface area contributed by atoms with Crippen molar-refractivity contribution in [2.45, 2.75) is 12.8 Å². The number of amidine groups is 1. The first-order valence-electron chi connectivity index (χ1n) is 5.75. The average Bonchev–Trinajstić information content (AvgIpc) is 2.69. The zero-order valence-corrected chi connectivity index (χ0v) is 11.4. The van der Waals surface area contributed by atoms with Gasteiger partial charge >= 0.3 is 6.18 Å². The second kappa shape index (κ2) is 6.02. The number of benzene rings is 1. The number of anilines is 1. The second-order valence-corrected chi connectivity index (χ2v) is 5.17. The molecule has 1 fully saturated rings. The molecule has 1 aromatic carbocycles. The lowest BCUT2D eigenvalue weighted by Gasteiger charge is -2.19. The maximum absolute atomic E-state index is 13.3. The molecule has 0 radical (unpaired) electrons. The van der Waals surface area contributed by atoms with E-state index in [1.807, 2.05) is 0 Å². The number of nitrogens with zero attached hydrogens (tertiary/aromatic N) is 1. The minimum Gasteiger partial charge on any atom is -0.367 e. The Labute approximate surface area is 121 Å². The lowest BCUT2D eigenvalue weighted by molar-refractivity contribution is -0.176. The van der Waals surface area contributed by atoms with E-state index in [4.69, 9.17) is 5.41 Å². The Morgan fingerprint density at radius 3 is 2.67 bits per heavy atom. The summed E-state index contributed by atoms with van der Waals surface area (Å²) in [6, 6.07) is 3.31. The highest BCUT2D eigenvalue weighted by Crippen LogP contribution is 2.30. The van der Waals surface area contributed by atoms with Crippen LogP contribution in [-0.4, -0.2) is 29.6 Å². The second-order valence-electron chi connectivity index (χ2n) is 4.20. The molecular formula is C12H10F4N2O2S. The number of carbonyl (C=O) groups is 1. The Balaban J connectivity index is 2.22. The van der Waals surface area contributed by atoms with Crippen molar-refractivity contribution in [2.24, 2.45) is 0 Å². The van der Waals surface area contributed by atoms with E-state index in [9.17, 15) is 22.4 Å². The molecule has 1 heterocycles. The molecule has 0 atom stereocenters. The van der Waals surface area contributed by atoms with Gasteiger partial charge in [0.15, 0.2) is 5.17 Å². The van der Waals surface area contributed by atoms with E-state index in [0.29, 0.717) is 0 Å². The number of hydrogen-bond donors (Lipinski definition) is 1. The molecule has 0 spiro atoms. The fourth-order valence-electron chi connectivity index (χ4n) is 1.76. The van der Waals surface area contributed by atoms with E-state index >= 15 is 0 Å². The van der Waals surface area contributed by atoms with Gasteiger partial charge in [-0.05, 0) is 12.1 Å². The summed E-state index contributed by atoms with van der Waals surface area (Å²) in [7, 11) is 0. The molecule has 1 aromatic rings. The van der Waals surface area contributed by atoms with Crippen LogP contribution in [0.3, 0.4) is 0 Å². The number of amides is 1. The Morgan fingerprint density at radius 1 is 1.38 bits per heavy atom. The van der Waals surface area contributed by atoms with Crippen molar-refractivity contribution in [1.29, 1.82) is 5.41 Å². The first-order chi connectivity index (χ1) is 9.78. The van der Waals surface area contributed by atoms with Gasteiger partial charge in [0.25, 0.3) is 0 Å². The van der Waals surface area contributed by atoms with Crippen LogP contribution in [0.15, 0.2) is 18.2 Å². The third kappa shape index (κ3) is 3.94. The maximum Gasteiger partial charge on any atom is 0.411 e. The number of hydrogen-bond acceptors (Lipinski definition) is 4. The van der Waals surface area contributed by atoms with Crippen molar-refractivity contribution >= 4 is 28.5 Å². The molecule has 9 heteroatoms. The van der Waals surface area contributed by atoms with Crippen LogP contribution in [0.4, 0.5) is 23.2 Å². The summed E-state index contributed by atoms with van der Waals surface area (Å²) < 4.78 is 54.0. The normalized spacial score (nSPS) is 15.9. The molecule has 0 bridgehead atoms. The van der Waals surface area contributed by atoms with Gasteiger partial charge in [-0.25, -0.2) is 4.39 Å². The molecule has 2 rings (SSSR count). The smallest absolute Gasteiger partial charge is 0.367 e. The third-order valence-electron chi connectivity index (χ3n) is 2.60. The molecular weight excluding hydrogens is 312 g/mol. The third-order valence-corrected chi connectivity index (χ3v) is 3.44. The average molecular weight is 322 g/mol. The summed E-state index contributed by atoms with van der Waals surface area (Å²) in [6.07, 6.45) is -4.47. The van der Waals surface area contributed by atoms with E-state index in [1.165, 1.54) is 6.07 Å². The van der Waals surface area contributed by atoms with Crippen LogP contribution in [0, 0.1) is 11.2 Å². The van der Waals surface area contributed by atoms with Gasteiger partial charge in [0.1, 0.15) is 12.4 Å². The summed E-state index contributed by atoms with van der Waals surface area (Å²) in [5, 5.41) is 7.55. The van der Waals surface area contributed by atoms with Gasteiger partial charge in [-0.3, -0.25) is 15.1 Å². The zero-order valence-electron chi connectivity index (χ0n) is 10.5. The first-order valence-corrected chi connectivity index (χ1v) is 6.74. The van der Waals surface area contributed by atoms with E-state index in [0.717, 1.165) is 28.8 Å². The minimum atomic E-state index is -4.47. The van der Waals surface area contributed by atoms with Gasteiger partial charge in [-0.1, -0.05) is 17.8 Å². The topological polar surface area (TPSA) is 53.4 Å². The fourth-order valence-corrected chi connectivity index (χ4v) is 2.48. The molecule has 1 amide bonds. The summed E-state index contributed by atoms with van der Waals surface area (Å²) >= 11 is 0.967. The highest BCUT2D eigenvalue weighted by molar-refractivity contribution is 8.15. The standard InChI is InChI=1S/C12H10F4N2O2S/c13-8-2-1-7(4-20-6-12(14,15)16)9(3-8)18-10(19)5-21-11(18)17/h1-3,17H,4-6H2. The largest absolute Gasteiger partial charge is 0.411 e. The Hall–Kier alpha value is -1.61. The highest BCUT2D eigenvalue weighted by Gasteiger charge is 2.31. The van der Waals surface area contributed by atoms with Gasteiger partial charge in [-0.2, -0.15) is 13.2 Å². The number of rotatable bonds is 4. The quantitative estimate of drug-likeness (QED) is 0.867. The molecule has 1 saturated heterocycles. The molecule has 0 aromatic heterocycles. The van der Waals surface area contributed by atoms with Crippen molar-refractivity contribution in [1.82, 2.24) is 0 Å². The van der Waals surface area contributed by atoms with Crippen LogP contribution < -0.4 is 4.90 Å². The fraction of sp³-hybridized carbons (Fsp3) is 0.333. The van der Waals surface area contributed by atoms with Gasteiger partial charge in [-0.15, -0.1) is 0 Å². The number of nitrogens with one attached hydrogen (secondary N) is 1. The molecule has 0 aliphatic carbocycles. The van der Waals surface area contributed by atoms with Crippen LogP contribution in [-0.2, 0) is 16.1 Å². The molecule has 114 valence electrons. The highest BCUT2D eigenvalue weighted by atomic mass is 32.2. The van der Waals surface area contributed by atoms with Crippen molar-refractivity contribution in [3.8, 4) is 0 Å². The Bertz CT molecular complexity index is 561. The minimum absolute atomic E-state index is 0.0391. The number of carbonyl (C=O) groups excluding carboxylic acids is 1. The molecule has 1 N–H and O–H groups in total. The van der Waals surface area contributed by atoms with Crippen LogP contribution in [0.5, 0.6) is 0 Å². The van der Waals surface area contributed by atoms with E-state index in [1.54, 1.807) is 0 Å². The Kier molecular flexibility index (Phi) is 4.52. The monoisotopic (exact) mass is 322 g/mol. The first kappa shape index (κ1) is 15.8. The SMILES string of the molecule is N=C1SCC(=O)N1c1cc(F)ccc1COCC(F)(F)F. The summed E-state index contributed by atoms with van der Waals surface area (Å²) in [6.45, 7) is -1.87. The van der Waals surface area contributed by atoms with E-state index < -0.39 is 31.1 Å². The van der Waals surface area contributed by atoms with Crippen LogP contribution in [0.1, 0.15) is 5.56 Å². The zero-order chi connectivity index (χ0) is 15.6. The summed E-state index contributed by atoms with van der Waals surface area (Å²) in [5.74, 6) is -1.03. The number of ether oxygens (including phenoxy) is 1. The summed E-state index contributed by atoms with van der Waals surface area (Å²) in [5.41, 5.74) is 0.249. The molecule has 1 aliphatic heterocycles. The summed E-state index contributed by atoms with van der Waals surface area (Å²) in [4.78, 5) is 12.7. The van der Waals surface area contributed by atoms with Crippen molar-refractivity contribution in [3.05, 3.63) is 29.6 Å². The number of thioether (sulfide) groups is 1. The van der Waals surface area contributed by atoms with Crippen LogP contribution in [0.2, 0.25) is 0 Å². The van der Waals surface area contributed by atoms with E-state index in [2.05, 4.69) is 4.74 Å². The number of alkyl halides is 3. The van der Waals surface area contributed by atoms with Gasteiger partial charge in [0.05, 0.1) is 18.0 Å². The Morgan fingerprint density at radius 2 is 2.10 bits per heavy atom. The molecule has 21 heavy (non-hydrogen) atoms. The predicted molar refractivity (Wildman–Crippen MR) is 69.8 cm³/mol. The van der Waals surface area contributed by atoms with Crippen LogP contribution in [0.25, 0.3) is 0 Å². The molecule has 4 nitrogen and oxygen atoms in total. The van der Waals surface area contributed by atoms with Crippen molar-refractivity contribution in [3.63, 3.8) is 0 Å². The van der Waals surface area contributed by atoms with E-state index in [-0.39, 0.29) is 22.2 Å². The van der Waals surface area contributed by atoms with Gasteiger partial charge < -0.3 is 4.74 Å². The van der Waals surface area contributed by atoms with Gasteiger partial charge in [0, 0.05) is 5.56 Å². The molecule has 1 aliphatic rings.